The van der Waals surface area contributed by atoms with Gasteiger partial charge < -0.3 is 4.18 Å². The fraction of sp³-hybridized carbons (Fsp3) is 0.500. The molecule has 16 heavy (non-hydrogen) atoms. The van der Waals surface area contributed by atoms with Crippen molar-refractivity contribution in [1.82, 2.24) is 0 Å². The molecule has 4 heteroatoms. The molecule has 1 aliphatic rings. The van der Waals surface area contributed by atoms with Crippen LogP contribution in [0.25, 0.3) is 0 Å². The Kier molecular flexibility index (Phi) is 3.19. The molecule has 0 atom stereocenters. The van der Waals surface area contributed by atoms with Crippen LogP contribution in [0.1, 0.15) is 37.2 Å². The SMILES string of the molecule is CS(=O)(=O)Oc1ccc(C2CCCC2)cc1. The second-order valence-electron chi connectivity index (χ2n) is 4.34. The van der Waals surface area contributed by atoms with Crippen LogP contribution in [-0.4, -0.2) is 14.7 Å². The molecule has 0 saturated heterocycles. The lowest BCUT2D eigenvalue weighted by Gasteiger charge is -2.10. The molecule has 0 heterocycles. The summed E-state index contributed by atoms with van der Waals surface area (Å²) in [6.07, 6.45) is 6.13. The van der Waals surface area contributed by atoms with E-state index in [9.17, 15) is 8.42 Å². The van der Waals surface area contributed by atoms with Gasteiger partial charge in [0.25, 0.3) is 0 Å². The predicted molar refractivity (Wildman–Crippen MR) is 63.1 cm³/mol. The quantitative estimate of drug-likeness (QED) is 0.763. The van der Waals surface area contributed by atoms with Crippen LogP contribution in [0.3, 0.4) is 0 Å². The van der Waals surface area contributed by atoms with Crippen molar-refractivity contribution in [2.45, 2.75) is 31.6 Å². The van der Waals surface area contributed by atoms with Crippen molar-refractivity contribution < 1.29 is 12.6 Å². The van der Waals surface area contributed by atoms with Crippen molar-refractivity contribution >= 4 is 10.1 Å². The number of hydrogen-bond donors (Lipinski definition) is 0. The highest BCUT2D eigenvalue weighted by molar-refractivity contribution is 7.86. The van der Waals surface area contributed by atoms with Crippen LogP contribution in [0.2, 0.25) is 0 Å². The zero-order valence-electron chi connectivity index (χ0n) is 9.35. The van der Waals surface area contributed by atoms with E-state index in [-0.39, 0.29) is 0 Å². The smallest absolute Gasteiger partial charge is 0.306 e. The third-order valence-electron chi connectivity index (χ3n) is 2.95. The summed E-state index contributed by atoms with van der Waals surface area (Å²) in [4.78, 5) is 0. The molecule has 0 radical (unpaired) electrons. The highest BCUT2D eigenvalue weighted by Crippen LogP contribution is 2.34. The van der Waals surface area contributed by atoms with E-state index in [0.717, 1.165) is 6.26 Å². The van der Waals surface area contributed by atoms with Gasteiger partial charge in [0, 0.05) is 0 Å². The Bertz CT molecular complexity index is 442. The first-order valence-electron chi connectivity index (χ1n) is 5.54. The highest BCUT2D eigenvalue weighted by Gasteiger charge is 2.16. The lowest BCUT2D eigenvalue weighted by atomic mass is 9.98. The van der Waals surface area contributed by atoms with E-state index in [1.807, 2.05) is 12.1 Å². The van der Waals surface area contributed by atoms with Crippen LogP contribution in [0.4, 0.5) is 0 Å². The van der Waals surface area contributed by atoms with Gasteiger partial charge in [-0.3, -0.25) is 0 Å². The van der Waals surface area contributed by atoms with Gasteiger partial charge in [-0.25, -0.2) is 0 Å². The van der Waals surface area contributed by atoms with Crippen LogP contribution in [0.5, 0.6) is 5.75 Å². The topological polar surface area (TPSA) is 43.4 Å². The van der Waals surface area contributed by atoms with E-state index in [2.05, 4.69) is 0 Å². The standard InChI is InChI=1S/C12H16O3S/c1-16(13,14)15-12-8-6-11(7-9-12)10-4-2-3-5-10/h6-10H,2-5H2,1H3. The van der Waals surface area contributed by atoms with Crippen LogP contribution in [0, 0.1) is 0 Å². The number of rotatable bonds is 3. The molecule has 0 N–H and O–H groups in total. The van der Waals surface area contributed by atoms with Crippen LogP contribution in [0.15, 0.2) is 24.3 Å². The largest absolute Gasteiger partial charge is 0.383 e. The Labute approximate surface area is 96.6 Å². The van der Waals surface area contributed by atoms with Crippen LogP contribution in [-0.2, 0) is 10.1 Å². The molecule has 1 aromatic rings. The molecule has 1 aromatic carbocycles. The maximum atomic E-state index is 10.9. The molecule has 0 aliphatic heterocycles. The van der Waals surface area contributed by atoms with Gasteiger partial charge in [-0.1, -0.05) is 25.0 Å². The third-order valence-corrected chi connectivity index (χ3v) is 3.45. The molecule has 0 unspecified atom stereocenters. The Morgan fingerprint density at radius 1 is 1.12 bits per heavy atom. The van der Waals surface area contributed by atoms with Crippen molar-refractivity contribution in [2.75, 3.05) is 6.26 Å². The van der Waals surface area contributed by atoms with Crippen molar-refractivity contribution in [3.63, 3.8) is 0 Å². The minimum atomic E-state index is -3.41. The summed E-state index contributed by atoms with van der Waals surface area (Å²) in [6.45, 7) is 0. The monoisotopic (exact) mass is 240 g/mol. The third kappa shape index (κ3) is 2.98. The molecule has 0 aromatic heterocycles. The molecule has 0 bridgehead atoms. The van der Waals surface area contributed by atoms with Gasteiger partial charge >= 0.3 is 10.1 Å². The molecule has 88 valence electrons. The van der Waals surface area contributed by atoms with Crippen molar-refractivity contribution in [3.8, 4) is 5.75 Å². The first-order chi connectivity index (χ1) is 7.54. The molecule has 0 spiro atoms. The van der Waals surface area contributed by atoms with Gasteiger partial charge in [-0.15, -0.1) is 0 Å². The zero-order valence-corrected chi connectivity index (χ0v) is 10.2. The normalized spacial score (nSPS) is 17.6. The molecule has 1 fully saturated rings. The van der Waals surface area contributed by atoms with Gasteiger partial charge in [0.2, 0.25) is 0 Å². The van der Waals surface area contributed by atoms with E-state index in [4.69, 9.17) is 4.18 Å². The average Bonchev–Trinajstić information content (AvgIpc) is 2.69. The lowest BCUT2D eigenvalue weighted by Crippen LogP contribution is -2.05. The Morgan fingerprint density at radius 2 is 1.69 bits per heavy atom. The predicted octanol–water partition coefficient (Wildman–Crippen LogP) is 2.68. The number of hydrogen-bond acceptors (Lipinski definition) is 3. The van der Waals surface area contributed by atoms with Crippen LogP contribution >= 0.6 is 0 Å². The highest BCUT2D eigenvalue weighted by atomic mass is 32.2. The first kappa shape index (κ1) is 11.5. The summed E-state index contributed by atoms with van der Waals surface area (Å²) in [5.74, 6) is 1.04. The minimum Gasteiger partial charge on any atom is -0.383 e. The Morgan fingerprint density at radius 3 is 2.19 bits per heavy atom. The summed E-state index contributed by atoms with van der Waals surface area (Å²) in [6, 6.07) is 7.40. The summed E-state index contributed by atoms with van der Waals surface area (Å²) < 4.78 is 26.6. The molecular formula is C12H16O3S. The average molecular weight is 240 g/mol. The first-order valence-corrected chi connectivity index (χ1v) is 7.36. The minimum absolute atomic E-state index is 0.393. The maximum absolute atomic E-state index is 10.9. The van der Waals surface area contributed by atoms with Crippen molar-refractivity contribution in [1.29, 1.82) is 0 Å². The molecule has 1 saturated carbocycles. The summed E-state index contributed by atoms with van der Waals surface area (Å²) in [5.41, 5.74) is 1.29. The Balaban J connectivity index is 2.10. The Hall–Kier alpha value is -1.03. The van der Waals surface area contributed by atoms with Gasteiger partial charge in [0.05, 0.1) is 6.26 Å². The summed E-state index contributed by atoms with van der Waals surface area (Å²) in [7, 11) is -3.41. The summed E-state index contributed by atoms with van der Waals surface area (Å²) in [5, 5.41) is 0. The molecule has 1 aliphatic carbocycles. The second-order valence-corrected chi connectivity index (χ2v) is 5.91. The number of benzene rings is 1. The van der Waals surface area contributed by atoms with Crippen LogP contribution < -0.4 is 4.18 Å². The van der Waals surface area contributed by atoms with E-state index >= 15 is 0 Å². The van der Waals surface area contributed by atoms with Crippen molar-refractivity contribution in [2.24, 2.45) is 0 Å². The molecular weight excluding hydrogens is 224 g/mol. The van der Waals surface area contributed by atoms with Gasteiger partial charge in [-0.05, 0) is 36.5 Å². The lowest BCUT2D eigenvalue weighted by molar-refractivity contribution is 0.493. The van der Waals surface area contributed by atoms with Gasteiger partial charge in [0.15, 0.2) is 0 Å². The second kappa shape index (κ2) is 4.45. The maximum Gasteiger partial charge on any atom is 0.306 e. The van der Waals surface area contributed by atoms with E-state index < -0.39 is 10.1 Å². The fourth-order valence-corrected chi connectivity index (χ4v) is 2.69. The van der Waals surface area contributed by atoms with E-state index in [1.54, 1.807) is 12.1 Å². The van der Waals surface area contributed by atoms with Crippen molar-refractivity contribution in [3.05, 3.63) is 29.8 Å². The zero-order chi connectivity index (χ0) is 11.6. The molecule has 2 rings (SSSR count). The van der Waals surface area contributed by atoms with E-state index in [0.29, 0.717) is 11.7 Å². The van der Waals surface area contributed by atoms with E-state index in [1.165, 1.54) is 31.2 Å². The fourth-order valence-electron chi connectivity index (χ4n) is 2.23. The van der Waals surface area contributed by atoms with Gasteiger partial charge in [-0.2, -0.15) is 8.42 Å². The summed E-state index contributed by atoms with van der Waals surface area (Å²) >= 11 is 0. The van der Waals surface area contributed by atoms with Gasteiger partial charge in [0.1, 0.15) is 5.75 Å². The molecule has 0 amide bonds. The molecule has 3 nitrogen and oxygen atoms in total.